The van der Waals surface area contributed by atoms with E-state index in [0.717, 1.165) is 25.1 Å². The fraction of sp³-hybridized carbons (Fsp3) is 0.733. The lowest BCUT2D eigenvalue weighted by atomic mass is 9.46. The van der Waals surface area contributed by atoms with Crippen molar-refractivity contribution in [1.29, 1.82) is 0 Å². The van der Waals surface area contributed by atoms with Gasteiger partial charge in [0.2, 0.25) is 0 Å². The molecule has 2 aliphatic carbocycles. The van der Waals surface area contributed by atoms with E-state index in [1.165, 1.54) is 37.7 Å². The Balaban J connectivity index is 1.36. The van der Waals surface area contributed by atoms with Gasteiger partial charge in [-0.3, -0.25) is 0 Å². The first-order valence-electron chi connectivity index (χ1n) is 7.26. The largest absolute Gasteiger partial charge is 0.377 e. The van der Waals surface area contributed by atoms with E-state index in [2.05, 4.69) is 22.1 Å². The lowest BCUT2D eigenvalue weighted by Crippen LogP contribution is -2.71. The van der Waals surface area contributed by atoms with Crippen molar-refractivity contribution in [2.24, 2.45) is 11.3 Å². The maximum Gasteiger partial charge on any atom is 0.0690 e. The fourth-order valence-corrected chi connectivity index (χ4v) is 5.07. The van der Waals surface area contributed by atoms with E-state index in [0.29, 0.717) is 11.5 Å². The molecule has 3 aliphatic rings. The van der Waals surface area contributed by atoms with Gasteiger partial charge in [0.05, 0.1) is 6.10 Å². The molecule has 3 atom stereocenters. The monoisotopic (exact) mass is 263 g/mol. The van der Waals surface area contributed by atoms with Crippen LogP contribution in [0.1, 0.15) is 31.2 Å². The van der Waals surface area contributed by atoms with Crippen LogP contribution in [0.25, 0.3) is 0 Å². The molecule has 0 radical (unpaired) electrons. The van der Waals surface area contributed by atoms with Crippen molar-refractivity contribution in [2.75, 3.05) is 13.2 Å². The van der Waals surface area contributed by atoms with Crippen LogP contribution in [0.3, 0.4) is 0 Å². The van der Waals surface area contributed by atoms with Crippen LogP contribution in [0.5, 0.6) is 0 Å². The van der Waals surface area contributed by atoms with Crippen molar-refractivity contribution < 1.29 is 4.74 Å². The molecule has 3 heteroatoms. The van der Waals surface area contributed by atoms with Crippen LogP contribution in [0.2, 0.25) is 0 Å². The van der Waals surface area contributed by atoms with Gasteiger partial charge in [0.1, 0.15) is 0 Å². The van der Waals surface area contributed by atoms with Crippen LogP contribution >= 0.6 is 11.3 Å². The van der Waals surface area contributed by atoms with Gasteiger partial charge in [-0.25, -0.2) is 0 Å². The maximum absolute atomic E-state index is 5.95. The molecule has 2 heterocycles. The third-order valence-electron chi connectivity index (χ3n) is 5.39. The second-order valence-corrected chi connectivity index (χ2v) is 6.92. The second kappa shape index (κ2) is 4.32. The average molecular weight is 263 g/mol. The van der Waals surface area contributed by atoms with Gasteiger partial charge in [-0.05, 0) is 54.6 Å². The van der Waals surface area contributed by atoms with Gasteiger partial charge in [0.15, 0.2) is 0 Å². The number of hydrogen-bond donors (Lipinski definition) is 1. The lowest BCUT2D eigenvalue weighted by molar-refractivity contribution is -0.175. The molecule has 1 aromatic heterocycles. The number of nitrogens with one attached hydrogen (secondary N) is 1. The Morgan fingerprint density at radius 3 is 3.11 bits per heavy atom. The number of ether oxygens (including phenoxy) is 1. The summed E-state index contributed by atoms with van der Waals surface area (Å²) in [6, 6.07) is 2.99. The third kappa shape index (κ3) is 1.54. The average Bonchev–Trinajstić information content (AvgIpc) is 2.92. The number of thiophene rings is 1. The zero-order valence-electron chi connectivity index (χ0n) is 10.7. The Morgan fingerprint density at radius 1 is 1.44 bits per heavy atom. The molecular weight excluding hydrogens is 242 g/mol. The molecule has 1 spiro atoms. The molecule has 0 unspecified atom stereocenters. The highest BCUT2D eigenvalue weighted by Crippen LogP contribution is 2.62. The first-order chi connectivity index (χ1) is 8.90. The summed E-state index contributed by atoms with van der Waals surface area (Å²) in [7, 11) is 0. The van der Waals surface area contributed by atoms with Gasteiger partial charge >= 0.3 is 0 Å². The molecule has 3 fully saturated rings. The highest BCUT2D eigenvalue weighted by molar-refractivity contribution is 7.07. The SMILES string of the molecule is c1cc(CCN[C@@H]2[C@H]3CCO[C@@H]3C23CCC3)cs1. The van der Waals surface area contributed by atoms with Crippen LogP contribution in [0.15, 0.2) is 16.8 Å². The van der Waals surface area contributed by atoms with Gasteiger partial charge in [0.25, 0.3) is 0 Å². The molecule has 18 heavy (non-hydrogen) atoms. The van der Waals surface area contributed by atoms with Gasteiger partial charge < -0.3 is 10.1 Å². The first kappa shape index (κ1) is 11.4. The molecule has 0 amide bonds. The summed E-state index contributed by atoms with van der Waals surface area (Å²) in [5.74, 6) is 0.813. The summed E-state index contributed by atoms with van der Waals surface area (Å²) >= 11 is 1.80. The minimum atomic E-state index is 0.538. The molecule has 1 aromatic rings. The summed E-state index contributed by atoms with van der Waals surface area (Å²) in [5.41, 5.74) is 2.02. The zero-order chi connectivity index (χ0) is 12.0. The summed E-state index contributed by atoms with van der Waals surface area (Å²) in [5, 5.41) is 8.29. The summed E-state index contributed by atoms with van der Waals surface area (Å²) in [6.45, 7) is 2.13. The topological polar surface area (TPSA) is 21.3 Å². The Morgan fingerprint density at radius 2 is 2.39 bits per heavy atom. The van der Waals surface area contributed by atoms with Crippen LogP contribution in [0, 0.1) is 11.3 Å². The first-order valence-corrected chi connectivity index (χ1v) is 8.20. The van der Waals surface area contributed by atoms with Crippen molar-refractivity contribution in [3.63, 3.8) is 0 Å². The summed E-state index contributed by atoms with van der Waals surface area (Å²) < 4.78 is 5.95. The van der Waals surface area contributed by atoms with Gasteiger partial charge in [-0.2, -0.15) is 11.3 Å². The molecular formula is C15H21NOS. The van der Waals surface area contributed by atoms with Crippen molar-refractivity contribution in [2.45, 2.75) is 44.2 Å². The van der Waals surface area contributed by atoms with E-state index in [4.69, 9.17) is 4.74 Å². The summed E-state index contributed by atoms with van der Waals surface area (Å²) in [6.07, 6.45) is 7.26. The molecule has 1 aliphatic heterocycles. The normalized spacial score (nSPS) is 36.1. The quantitative estimate of drug-likeness (QED) is 0.902. The predicted octanol–water partition coefficient (Wildman–Crippen LogP) is 2.84. The van der Waals surface area contributed by atoms with Gasteiger partial charge in [-0.15, -0.1) is 0 Å². The predicted molar refractivity (Wildman–Crippen MR) is 73.9 cm³/mol. The van der Waals surface area contributed by atoms with Crippen LogP contribution in [0.4, 0.5) is 0 Å². The standard InChI is InChI=1S/C15H21NOS/c1-5-15(6-1)13(12-3-8-17-14(12)15)16-7-2-11-4-9-18-10-11/h4,9-10,12-14,16H,1-3,5-8H2/t12-,13-,14+/m1/s1. The van der Waals surface area contributed by atoms with Crippen LogP contribution in [-0.4, -0.2) is 25.3 Å². The second-order valence-electron chi connectivity index (χ2n) is 6.14. The minimum absolute atomic E-state index is 0.538. The number of rotatable bonds is 4. The molecule has 0 bridgehead atoms. The van der Waals surface area contributed by atoms with Crippen molar-refractivity contribution in [1.82, 2.24) is 5.32 Å². The number of fused-ring (bicyclic) bond motifs is 2. The molecule has 0 aromatic carbocycles. The Kier molecular flexibility index (Phi) is 2.75. The van der Waals surface area contributed by atoms with Crippen LogP contribution in [-0.2, 0) is 11.2 Å². The van der Waals surface area contributed by atoms with E-state index in [1.807, 2.05) is 0 Å². The van der Waals surface area contributed by atoms with E-state index >= 15 is 0 Å². The van der Waals surface area contributed by atoms with Crippen molar-refractivity contribution in [3.8, 4) is 0 Å². The van der Waals surface area contributed by atoms with Crippen molar-refractivity contribution >= 4 is 11.3 Å². The Hall–Kier alpha value is -0.380. The highest BCUT2D eigenvalue weighted by atomic mass is 32.1. The molecule has 2 nitrogen and oxygen atoms in total. The van der Waals surface area contributed by atoms with E-state index in [1.54, 1.807) is 11.3 Å². The molecule has 1 saturated heterocycles. The smallest absolute Gasteiger partial charge is 0.0690 e. The molecule has 4 rings (SSSR count). The zero-order valence-corrected chi connectivity index (χ0v) is 11.5. The Bertz CT molecular complexity index is 412. The highest BCUT2D eigenvalue weighted by Gasteiger charge is 2.66. The van der Waals surface area contributed by atoms with Gasteiger partial charge in [0, 0.05) is 24.0 Å². The Labute approximate surface area is 113 Å². The van der Waals surface area contributed by atoms with Crippen LogP contribution < -0.4 is 5.32 Å². The summed E-state index contributed by atoms with van der Waals surface area (Å²) in [4.78, 5) is 0. The van der Waals surface area contributed by atoms with E-state index in [-0.39, 0.29) is 0 Å². The maximum atomic E-state index is 5.95. The molecule has 2 saturated carbocycles. The number of hydrogen-bond acceptors (Lipinski definition) is 3. The van der Waals surface area contributed by atoms with E-state index < -0.39 is 0 Å². The minimum Gasteiger partial charge on any atom is -0.377 e. The fourth-order valence-electron chi connectivity index (χ4n) is 4.37. The molecule has 98 valence electrons. The van der Waals surface area contributed by atoms with Gasteiger partial charge in [-0.1, -0.05) is 6.42 Å². The van der Waals surface area contributed by atoms with Crippen molar-refractivity contribution in [3.05, 3.63) is 22.4 Å². The third-order valence-corrected chi connectivity index (χ3v) is 6.13. The molecule has 1 N–H and O–H groups in total. The lowest BCUT2D eigenvalue weighted by Gasteiger charge is -2.63. The van der Waals surface area contributed by atoms with E-state index in [9.17, 15) is 0 Å².